The van der Waals surface area contributed by atoms with Crippen LogP contribution >= 0.6 is 0 Å². The molecule has 1 heteroatoms. The van der Waals surface area contributed by atoms with Crippen molar-refractivity contribution in [2.45, 2.75) is 20.8 Å². The number of aromatic hydroxyl groups is 1. The number of phenolic OH excluding ortho intramolecular Hbond substituents is 1. The van der Waals surface area contributed by atoms with Crippen LogP contribution in [0.4, 0.5) is 0 Å². The van der Waals surface area contributed by atoms with Crippen LogP contribution in [0.1, 0.15) is 27.8 Å². The van der Waals surface area contributed by atoms with E-state index in [2.05, 4.69) is 39.0 Å². The standard InChI is InChI=1S/C17H18O/c1-12-10-13(2)16(14(3)11-12)9-8-15-6-4-5-7-17(15)18/h4-11,18H,1-3H3. The lowest BCUT2D eigenvalue weighted by molar-refractivity contribution is 0.474. The summed E-state index contributed by atoms with van der Waals surface area (Å²) in [5, 5.41) is 9.72. The van der Waals surface area contributed by atoms with Crippen molar-refractivity contribution in [3.05, 3.63) is 64.2 Å². The van der Waals surface area contributed by atoms with E-state index in [1.807, 2.05) is 24.3 Å². The van der Waals surface area contributed by atoms with Gasteiger partial charge in [-0.15, -0.1) is 0 Å². The van der Waals surface area contributed by atoms with Crippen LogP contribution in [0.3, 0.4) is 0 Å². The van der Waals surface area contributed by atoms with Gasteiger partial charge in [-0.1, -0.05) is 48.0 Å². The molecule has 0 fully saturated rings. The molecule has 0 radical (unpaired) electrons. The molecule has 1 N–H and O–H groups in total. The van der Waals surface area contributed by atoms with Crippen molar-refractivity contribution >= 4 is 12.2 Å². The normalized spacial score (nSPS) is 11.1. The lowest BCUT2D eigenvalue weighted by atomic mass is 9.99. The molecule has 0 heterocycles. The van der Waals surface area contributed by atoms with Crippen LogP contribution in [0.25, 0.3) is 12.2 Å². The maximum atomic E-state index is 9.72. The summed E-state index contributed by atoms with van der Waals surface area (Å²) >= 11 is 0. The van der Waals surface area contributed by atoms with E-state index in [0.29, 0.717) is 5.75 Å². The predicted octanol–water partition coefficient (Wildman–Crippen LogP) is 4.49. The average molecular weight is 238 g/mol. The van der Waals surface area contributed by atoms with Crippen molar-refractivity contribution < 1.29 is 5.11 Å². The largest absolute Gasteiger partial charge is 0.507 e. The van der Waals surface area contributed by atoms with Gasteiger partial charge in [-0.25, -0.2) is 0 Å². The van der Waals surface area contributed by atoms with E-state index in [9.17, 15) is 5.11 Å². The van der Waals surface area contributed by atoms with Crippen LogP contribution in [-0.4, -0.2) is 5.11 Å². The third kappa shape index (κ3) is 2.62. The highest BCUT2D eigenvalue weighted by Gasteiger charge is 2.01. The van der Waals surface area contributed by atoms with Gasteiger partial charge in [0.25, 0.3) is 0 Å². The predicted molar refractivity (Wildman–Crippen MR) is 77.7 cm³/mol. The minimum Gasteiger partial charge on any atom is -0.507 e. The Labute approximate surface area is 108 Å². The van der Waals surface area contributed by atoms with Crippen LogP contribution in [0.2, 0.25) is 0 Å². The van der Waals surface area contributed by atoms with Crippen molar-refractivity contribution in [1.82, 2.24) is 0 Å². The van der Waals surface area contributed by atoms with Gasteiger partial charge in [0.2, 0.25) is 0 Å². The zero-order chi connectivity index (χ0) is 13.1. The first-order valence-corrected chi connectivity index (χ1v) is 6.12. The van der Waals surface area contributed by atoms with Gasteiger partial charge in [-0.05, 0) is 43.5 Å². The minimum absolute atomic E-state index is 0.316. The molecule has 0 aliphatic heterocycles. The molecule has 0 aliphatic carbocycles. The SMILES string of the molecule is Cc1cc(C)c(C=Cc2ccccc2O)c(C)c1. The highest BCUT2D eigenvalue weighted by Crippen LogP contribution is 2.22. The topological polar surface area (TPSA) is 20.2 Å². The fourth-order valence-electron chi connectivity index (χ4n) is 2.26. The molecular formula is C17H18O. The Morgan fingerprint density at radius 2 is 1.50 bits per heavy atom. The maximum absolute atomic E-state index is 9.72. The first kappa shape index (κ1) is 12.4. The number of rotatable bonds is 2. The lowest BCUT2D eigenvalue weighted by Crippen LogP contribution is -1.88. The monoisotopic (exact) mass is 238 g/mol. The van der Waals surface area contributed by atoms with Crippen LogP contribution in [0.5, 0.6) is 5.75 Å². The Bertz CT molecular complexity index is 571. The molecule has 0 aromatic heterocycles. The van der Waals surface area contributed by atoms with Crippen LogP contribution in [0, 0.1) is 20.8 Å². The summed E-state index contributed by atoms with van der Waals surface area (Å²) in [7, 11) is 0. The summed E-state index contributed by atoms with van der Waals surface area (Å²) in [5.41, 5.74) is 5.88. The summed E-state index contributed by atoms with van der Waals surface area (Å²) in [4.78, 5) is 0. The van der Waals surface area contributed by atoms with Crippen molar-refractivity contribution in [2.24, 2.45) is 0 Å². The van der Waals surface area contributed by atoms with Crippen LogP contribution in [0.15, 0.2) is 36.4 Å². The van der Waals surface area contributed by atoms with Gasteiger partial charge in [-0.3, -0.25) is 0 Å². The van der Waals surface area contributed by atoms with E-state index in [1.54, 1.807) is 6.07 Å². The molecule has 2 rings (SSSR count). The third-order valence-electron chi connectivity index (χ3n) is 3.10. The Morgan fingerprint density at radius 3 is 2.11 bits per heavy atom. The molecule has 18 heavy (non-hydrogen) atoms. The fraction of sp³-hybridized carbons (Fsp3) is 0.176. The molecule has 0 bridgehead atoms. The van der Waals surface area contributed by atoms with Gasteiger partial charge in [0.1, 0.15) is 5.75 Å². The Kier molecular flexibility index (Phi) is 3.52. The first-order chi connectivity index (χ1) is 8.58. The van der Waals surface area contributed by atoms with E-state index in [-0.39, 0.29) is 0 Å². The van der Waals surface area contributed by atoms with E-state index in [1.165, 1.54) is 22.3 Å². The molecule has 1 nitrogen and oxygen atoms in total. The van der Waals surface area contributed by atoms with Crippen LogP contribution in [-0.2, 0) is 0 Å². The number of hydrogen-bond donors (Lipinski definition) is 1. The fourth-order valence-corrected chi connectivity index (χ4v) is 2.26. The quantitative estimate of drug-likeness (QED) is 0.764. The second-order valence-corrected chi connectivity index (χ2v) is 4.70. The van der Waals surface area contributed by atoms with Gasteiger partial charge >= 0.3 is 0 Å². The summed E-state index contributed by atoms with van der Waals surface area (Å²) in [6, 6.07) is 11.7. The first-order valence-electron chi connectivity index (χ1n) is 6.12. The van der Waals surface area contributed by atoms with Crippen LogP contribution < -0.4 is 0 Å². The molecular weight excluding hydrogens is 220 g/mol. The molecule has 0 aliphatic rings. The molecule has 0 unspecified atom stereocenters. The Morgan fingerprint density at radius 1 is 0.889 bits per heavy atom. The second-order valence-electron chi connectivity index (χ2n) is 4.70. The van der Waals surface area contributed by atoms with Gasteiger partial charge in [-0.2, -0.15) is 0 Å². The van der Waals surface area contributed by atoms with E-state index in [4.69, 9.17) is 0 Å². The summed E-state index contributed by atoms with van der Waals surface area (Å²) in [6.07, 6.45) is 4.03. The molecule has 0 saturated carbocycles. The summed E-state index contributed by atoms with van der Waals surface area (Å²) < 4.78 is 0. The number of phenols is 1. The van der Waals surface area contributed by atoms with E-state index in [0.717, 1.165) is 5.56 Å². The molecule has 0 spiro atoms. The summed E-state index contributed by atoms with van der Waals surface area (Å²) in [5.74, 6) is 0.316. The smallest absolute Gasteiger partial charge is 0.122 e. The molecule has 0 saturated heterocycles. The van der Waals surface area contributed by atoms with E-state index >= 15 is 0 Å². The van der Waals surface area contributed by atoms with Crippen molar-refractivity contribution in [3.8, 4) is 5.75 Å². The summed E-state index contributed by atoms with van der Waals surface area (Å²) in [6.45, 7) is 6.34. The van der Waals surface area contributed by atoms with Gasteiger partial charge in [0, 0.05) is 5.56 Å². The number of hydrogen-bond acceptors (Lipinski definition) is 1. The molecule has 0 amide bonds. The zero-order valence-corrected chi connectivity index (χ0v) is 11.1. The lowest BCUT2D eigenvalue weighted by Gasteiger charge is -2.07. The van der Waals surface area contributed by atoms with Gasteiger partial charge in [0.05, 0.1) is 0 Å². The van der Waals surface area contributed by atoms with Crippen molar-refractivity contribution in [2.75, 3.05) is 0 Å². The third-order valence-corrected chi connectivity index (χ3v) is 3.10. The number of para-hydroxylation sites is 1. The maximum Gasteiger partial charge on any atom is 0.122 e. The molecule has 2 aromatic carbocycles. The molecule has 2 aromatic rings. The zero-order valence-electron chi connectivity index (χ0n) is 11.1. The average Bonchev–Trinajstić information content (AvgIpc) is 2.30. The van der Waals surface area contributed by atoms with E-state index < -0.39 is 0 Å². The molecule has 92 valence electrons. The number of aryl methyl sites for hydroxylation is 3. The van der Waals surface area contributed by atoms with Crippen molar-refractivity contribution in [3.63, 3.8) is 0 Å². The Balaban J connectivity index is 2.38. The van der Waals surface area contributed by atoms with Gasteiger partial charge in [0.15, 0.2) is 0 Å². The van der Waals surface area contributed by atoms with Crippen molar-refractivity contribution in [1.29, 1.82) is 0 Å². The number of benzene rings is 2. The molecule has 0 atom stereocenters. The minimum atomic E-state index is 0.316. The highest BCUT2D eigenvalue weighted by atomic mass is 16.3. The van der Waals surface area contributed by atoms with Gasteiger partial charge < -0.3 is 5.11 Å². The Hall–Kier alpha value is -2.02. The highest BCUT2D eigenvalue weighted by molar-refractivity contribution is 5.75. The second kappa shape index (κ2) is 5.09.